The molecule has 0 aliphatic carbocycles. The predicted octanol–water partition coefficient (Wildman–Crippen LogP) is 1.31. The first-order valence-corrected chi connectivity index (χ1v) is 6.58. The fraction of sp³-hybridized carbons (Fsp3) is 0.846. The molecular formula is C13H23NO5. The number of carbonyl (C=O) groups excluding carboxylic acids is 2. The van der Waals surface area contributed by atoms with Crippen molar-refractivity contribution >= 4 is 12.1 Å². The minimum Gasteiger partial charge on any atom is -0.466 e. The number of hydrogen-bond donors (Lipinski definition) is 1. The van der Waals surface area contributed by atoms with E-state index in [4.69, 9.17) is 9.47 Å². The maximum absolute atomic E-state index is 12.0. The lowest BCUT2D eigenvalue weighted by atomic mass is 10.1. The Labute approximate surface area is 113 Å². The van der Waals surface area contributed by atoms with Crippen molar-refractivity contribution in [2.45, 2.75) is 58.3 Å². The van der Waals surface area contributed by atoms with E-state index in [1.807, 2.05) is 0 Å². The molecule has 1 aliphatic rings. The lowest BCUT2D eigenvalue weighted by Crippen LogP contribution is -2.43. The van der Waals surface area contributed by atoms with Crippen LogP contribution in [0.3, 0.4) is 0 Å². The molecule has 1 rings (SSSR count). The van der Waals surface area contributed by atoms with E-state index in [-0.39, 0.29) is 13.0 Å². The van der Waals surface area contributed by atoms with Crippen LogP contribution in [-0.2, 0) is 14.3 Å². The normalized spacial score (nSPS) is 23.3. The van der Waals surface area contributed by atoms with Crippen LogP contribution in [0.5, 0.6) is 0 Å². The number of esters is 1. The highest BCUT2D eigenvalue weighted by molar-refractivity contribution is 5.73. The molecule has 1 amide bonds. The minimum absolute atomic E-state index is 0.00570. The Kier molecular flexibility index (Phi) is 5.17. The van der Waals surface area contributed by atoms with Gasteiger partial charge in [-0.25, -0.2) is 4.79 Å². The maximum Gasteiger partial charge on any atom is 0.410 e. The summed E-state index contributed by atoms with van der Waals surface area (Å²) in [4.78, 5) is 24.9. The maximum atomic E-state index is 12.0. The van der Waals surface area contributed by atoms with Crippen molar-refractivity contribution < 1.29 is 24.2 Å². The molecule has 110 valence electrons. The number of hydrogen-bond acceptors (Lipinski definition) is 5. The van der Waals surface area contributed by atoms with Gasteiger partial charge in [-0.15, -0.1) is 0 Å². The average molecular weight is 273 g/mol. The zero-order chi connectivity index (χ0) is 14.6. The number of amides is 1. The molecule has 0 bridgehead atoms. The highest BCUT2D eigenvalue weighted by Crippen LogP contribution is 2.23. The molecule has 1 N–H and O–H groups in total. The van der Waals surface area contributed by atoms with Gasteiger partial charge in [0.25, 0.3) is 0 Å². The topological polar surface area (TPSA) is 76.1 Å². The molecule has 1 saturated heterocycles. The molecule has 6 nitrogen and oxygen atoms in total. The van der Waals surface area contributed by atoms with E-state index in [0.717, 1.165) is 0 Å². The highest BCUT2D eigenvalue weighted by atomic mass is 16.6. The van der Waals surface area contributed by atoms with Crippen LogP contribution < -0.4 is 0 Å². The van der Waals surface area contributed by atoms with Crippen molar-refractivity contribution in [2.75, 3.05) is 13.2 Å². The van der Waals surface area contributed by atoms with Gasteiger partial charge in [0, 0.05) is 6.54 Å². The van der Waals surface area contributed by atoms with Gasteiger partial charge in [-0.05, 0) is 34.1 Å². The molecule has 1 fully saturated rings. The van der Waals surface area contributed by atoms with Crippen molar-refractivity contribution in [1.82, 2.24) is 4.90 Å². The molecule has 2 unspecified atom stereocenters. The summed E-state index contributed by atoms with van der Waals surface area (Å²) in [6.45, 7) is 7.72. The van der Waals surface area contributed by atoms with Crippen molar-refractivity contribution in [1.29, 1.82) is 0 Å². The van der Waals surface area contributed by atoms with E-state index in [1.165, 1.54) is 4.90 Å². The zero-order valence-electron chi connectivity index (χ0n) is 12.0. The van der Waals surface area contributed by atoms with Gasteiger partial charge in [0.05, 0.1) is 25.2 Å². The highest BCUT2D eigenvalue weighted by Gasteiger charge is 2.39. The first kappa shape index (κ1) is 15.8. The Bertz CT molecular complexity index is 336. The van der Waals surface area contributed by atoms with Gasteiger partial charge < -0.3 is 19.5 Å². The van der Waals surface area contributed by atoms with Gasteiger partial charge in [-0.2, -0.15) is 0 Å². The summed E-state index contributed by atoms with van der Waals surface area (Å²) in [5.74, 6) is -0.415. The quantitative estimate of drug-likeness (QED) is 0.785. The van der Waals surface area contributed by atoms with E-state index < -0.39 is 29.8 Å². The van der Waals surface area contributed by atoms with Crippen molar-refractivity contribution in [3.63, 3.8) is 0 Å². The fourth-order valence-corrected chi connectivity index (χ4v) is 2.02. The second kappa shape index (κ2) is 6.23. The molecular weight excluding hydrogens is 250 g/mol. The van der Waals surface area contributed by atoms with E-state index in [0.29, 0.717) is 13.0 Å². The molecule has 1 aliphatic heterocycles. The monoisotopic (exact) mass is 273 g/mol. The summed E-state index contributed by atoms with van der Waals surface area (Å²) >= 11 is 0. The molecule has 0 radical (unpaired) electrons. The summed E-state index contributed by atoms with van der Waals surface area (Å²) in [6.07, 6.45) is -0.771. The Morgan fingerprint density at radius 3 is 2.53 bits per heavy atom. The summed E-state index contributed by atoms with van der Waals surface area (Å²) in [7, 11) is 0. The summed E-state index contributed by atoms with van der Waals surface area (Å²) in [6, 6.07) is -0.561. The second-order valence-corrected chi connectivity index (χ2v) is 5.61. The van der Waals surface area contributed by atoms with Crippen LogP contribution in [0, 0.1) is 0 Å². The molecule has 2 atom stereocenters. The Balaban J connectivity index is 2.66. The predicted molar refractivity (Wildman–Crippen MR) is 68.6 cm³/mol. The van der Waals surface area contributed by atoms with Gasteiger partial charge >= 0.3 is 12.1 Å². The molecule has 0 saturated carbocycles. The van der Waals surface area contributed by atoms with E-state index >= 15 is 0 Å². The molecule has 0 aromatic heterocycles. The standard InChI is InChI=1S/C13H23NO5/c1-5-18-11(16)8-9-10(15)6-7-14(9)12(17)19-13(2,3)4/h9-10,15H,5-8H2,1-4H3. The van der Waals surface area contributed by atoms with E-state index in [2.05, 4.69) is 0 Å². The van der Waals surface area contributed by atoms with Crippen LogP contribution in [0.2, 0.25) is 0 Å². The molecule has 6 heteroatoms. The first-order chi connectivity index (χ1) is 8.74. The van der Waals surface area contributed by atoms with Crippen LogP contribution >= 0.6 is 0 Å². The van der Waals surface area contributed by atoms with Gasteiger partial charge in [0.2, 0.25) is 0 Å². The van der Waals surface area contributed by atoms with Gasteiger partial charge in [-0.1, -0.05) is 0 Å². The fourth-order valence-electron chi connectivity index (χ4n) is 2.02. The summed E-state index contributed by atoms with van der Waals surface area (Å²) in [5, 5.41) is 9.87. The third-order valence-corrected chi connectivity index (χ3v) is 2.82. The Hall–Kier alpha value is -1.30. The summed E-state index contributed by atoms with van der Waals surface area (Å²) in [5.41, 5.74) is -0.598. The molecule has 1 heterocycles. The number of likely N-dealkylation sites (tertiary alicyclic amines) is 1. The number of ether oxygens (including phenoxy) is 2. The molecule has 0 spiro atoms. The Morgan fingerprint density at radius 1 is 1.37 bits per heavy atom. The number of rotatable bonds is 3. The van der Waals surface area contributed by atoms with Crippen LogP contribution in [0.25, 0.3) is 0 Å². The van der Waals surface area contributed by atoms with Crippen molar-refractivity contribution in [2.24, 2.45) is 0 Å². The average Bonchev–Trinajstić information content (AvgIpc) is 2.58. The smallest absolute Gasteiger partial charge is 0.410 e. The molecule has 0 aromatic carbocycles. The number of aliphatic hydroxyl groups excluding tert-OH is 1. The van der Waals surface area contributed by atoms with Crippen LogP contribution in [-0.4, -0.2) is 53.0 Å². The van der Waals surface area contributed by atoms with Crippen molar-refractivity contribution in [3.05, 3.63) is 0 Å². The zero-order valence-corrected chi connectivity index (χ0v) is 12.0. The van der Waals surface area contributed by atoms with E-state index in [1.54, 1.807) is 27.7 Å². The lowest BCUT2D eigenvalue weighted by molar-refractivity contribution is -0.144. The van der Waals surface area contributed by atoms with E-state index in [9.17, 15) is 14.7 Å². The van der Waals surface area contributed by atoms with Gasteiger partial charge in [-0.3, -0.25) is 4.79 Å². The SMILES string of the molecule is CCOC(=O)CC1C(O)CCN1C(=O)OC(C)(C)C. The summed E-state index contributed by atoms with van der Waals surface area (Å²) < 4.78 is 10.1. The lowest BCUT2D eigenvalue weighted by Gasteiger charge is -2.29. The number of carbonyl (C=O) groups is 2. The number of nitrogens with zero attached hydrogens (tertiary/aromatic N) is 1. The number of aliphatic hydroxyl groups is 1. The third kappa shape index (κ3) is 4.70. The largest absolute Gasteiger partial charge is 0.466 e. The van der Waals surface area contributed by atoms with Crippen LogP contribution in [0.4, 0.5) is 4.79 Å². The van der Waals surface area contributed by atoms with Crippen LogP contribution in [0.1, 0.15) is 40.5 Å². The van der Waals surface area contributed by atoms with Crippen LogP contribution in [0.15, 0.2) is 0 Å². The van der Waals surface area contributed by atoms with Gasteiger partial charge in [0.1, 0.15) is 5.60 Å². The molecule has 0 aromatic rings. The third-order valence-electron chi connectivity index (χ3n) is 2.82. The van der Waals surface area contributed by atoms with Crippen molar-refractivity contribution in [3.8, 4) is 0 Å². The van der Waals surface area contributed by atoms with Gasteiger partial charge in [0.15, 0.2) is 0 Å². The minimum atomic E-state index is -0.711. The second-order valence-electron chi connectivity index (χ2n) is 5.61. The molecule has 19 heavy (non-hydrogen) atoms. The Morgan fingerprint density at radius 2 is 2.00 bits per heavy atom. The first-order valence-electron chi connectivity index (χ1n) is 6.58.